The fraction of sp³-hybridized carbons (Fsp3) is 0.333. The predicted octanol–water partition coefficient (Wildman–Crippen LogP) is 3.10. The van der Waals surface area contributed by atoms with Crippen molar-refractivity contribution in [3.63, 3.8) is 0 Å². The van der Waals surface area contributed by atoms with Gasteiger partial charge in [0.05, 0.1) is 0 Å². The third-order valence-electron chi connectivity index (χ3n) is 3.70. The largest absolute Gasteiger partial charge is 0.320 e. The van der Waals surface area contributed by atoms with E-state index in [2.05, 4.69) is 36.6 Å². The van der Waals surface area contributed by atoms with Gasteiger partial charge >= 0.3 is 0 Å². The van der Waals surface area contributed by atoms with E-state index in [1.54, 1.807) is 0 Å². The summed E-state index contributed by atoms with van der Waals surface area (Å²) in [6.45, 7) is 8.51. The second-order valence-electron chi connectivity index (χ2n) is 5.53. The maximum Gasteiger partial charge on any atom is 0.290 e. The Balaban J connectivity index is 2.13. The molecule has 0 spiro atoms. The minimum absolute atomic E-state index is 0.00468. The second kappa shape index (κ2) is 6.53. The topological polar surface area (TPSA) is 33.0 Å². The van der Waals surface area contributed by atoms with Gasteiger partial charge in [-0.15, -0.1) is 0 Å². The Morgan fingerprint density at radius 2 is 1.90 bits per heavy atom. The maximum atomic E-state index is 12.3. The van der Waals surface area contributed by atoms with E-state index in [9.17, 15) is 4.79 Å². The summed E-state index contributed by atoms with van der Waals surface area (Å²) in [6.07, 6.45) is 3.02. The molecule has 2 rings (SSSR count). The first-order valence-corrected chi connectivity index (χ1v) is 7.35. The molecule has 0 radical (unpaired) electrons. The van der Waals surface area contributed by atoms with Gasteiger partial charge in [0, 0.05) is 24.2 Å². The number of anilines is 1. The van der Waals surface area contributed by atoms with Gasteiger partial charge in [0.1, 0.15) is 0 Å². The monoisotopic (exact) mass is 283 g/mol. The summed E-state index contributed by atoms with van der Waals surface area (Å²) in [5.41, 5.74) is 5.44. The molecule has 3 nitrogen and oxygen atoms in total. The van der Waals surface area contributed by atoms with Gasteiger partial charge in [0.2, 0.25) is 6.54 Å². The maximum absolute atomic E-state index is 12.3. The molecule has 1 aromatic carbocycles. The van der Waals surface area contributed by atoms with Crippen LogP contribution in [0.3, 0.4) is 0 Å². The zero-order valence-corrected chi connectivity index (χ0v) is 13.2. The van der Waals surface area contributed by atoms with Gasteiger partial charge < -0.3 is 5.32 Å². The summed E-state index contributed by atoms with van der Waals surface area (Å²) in [5.74, 6) is 0.00468. The number of benzene rings is 1. The van der Waals surface area contributed by atoms with Crippen LogP contribution in [0.15, 0.2) is 36.5 Å². The van der Waals surface area contributed by atoms with Crippen LogP contribution >= 0.6 is 0 Å². The van der Waals surface area contributed by atoms with Gasteiger partial charge in [-0.2, -0.15) is 4.57 Å². The summed E-state index contributed by atoms with van der Waals surface area (Å²) in [6, 6.07) is 10.3. The minimum atomic E-state index is 0.00468. The first-order valence-electron chi connectivity index (χ1n) is 7.35. The van der Waals surface area contributed by atoms with Gasteiger partial charge in [-0.3, -0.25) is 4.79 Å². The lowest BCUT2D eigenvalue weighted by molar-refractivity contribution is -0.690. The van der Waals surface area contributed by atoms with Crippen LogP contribution in [0.4, 0.5) is 5.69 Å². The number of nitrogens with zero attached hydrogens (tertiary/aromatic N) is 1. The zero-order chi connectivity index (χ0) is 15.4. The standard InChI is InChI=1S/C18H22N2O/c1-5-16-9-8-15(4)20(11-16)12-18(21)19-17-10-13(2)6-7-14(17)3/h6-11H,5,12H2,1-4H3/p+1. The Bertz CT molecular complexity index is 662. The summed E-state index contributed by atoms with van der Waals surface area (Å²) in [4.78, 5) is 12.3. The number of amides is 1. The molecule has 0 aliphatic heterocycles. The quantitative estimate of drug-likeness (QED) is 0.859. The molecule has 0 aliphatic carbocycles. The van der Waals surface area contributed by atoms with Crippen LogP contribution in [0.2, 0.25) is 0 Å². The Kier molecular flexibility index (Phi) is 4.73. The normalized spacial score (nSPS) is 10.5. The summed E-state index contributed by atoms with van der Waals surface area (Å²) < 4.78 is 2.00. The molecule has 3 heteroatoms. The summed E-state index contributed by atoms with van der Waals surface area (Å²) in [7, 11) is 0. The van der Waals surface area contributed by atoms with Crippen LogP contribution in [0, 0.1) is 20.8 Å². The Morgan fingerprint density at radius 3 is 2.62 bits per heavy atom. The lowest BCUT2D eigenvalue weighted by Gasteiger charge is -2.08. The molecule has 1 heterocycles. The van der Waals surface area contributed by atoms with Crippen molar-refractivity contribution in [3.8, 4) is 0 Å². The van der Waals surface area contributed by atoms with Crippen molar-refractivity contribution in [3.05, 3.63) is 58.9 Å². The van der Waals surface area contributed by atoms with E-state index in [1.807, 2.05) is 37.5 Å². The number of carbonyl (C=O) groups is 1. The highest BCUT2D eigenvalue weighted by molar-refractivity contribution is 5.90. The highest BCUT2D eigenvalue weighted by atomic mass is 16.1. The molecule has 0 unspecified atom stereocenters. The molecular weight excluding hydrogens is 260 g/mol. The number of nitrogens with one attached hydrogen (secondary N) is 1. The fourth-order valence-corrected chi connectivity index (χ4v) is 2.26. The predicted molar refractivity (Wildman–Crippen MR) is 85.3 cm³/mol. The molecule has 0 bridgehead atoms. The van der Waals surface area contributed by atoms with E-state index in [0.29, 0.717) is 6.54 Å². The fourth-order valence-electron chi connectivity index (χ4n) is 2.26. The van der Waals surface area contributed by atoms with Crippen LogP contribution in [0.25, 0.3) is 0 Å². The molecule has 2 aromatic rings. The number of hydrogen-bond donors (Lipinski definition) is 1. The van der Waals surface area contributed by atoms with Crippen molar-refractivity contribution < 1.29 is 9.36 Å². The van der Waals surface area contributed by atoms with Crippen molar-refractivity contribution in [2.45, 2.75) is 40.7 Å². The minimum Gasteiger partial charge on any atom is -0.320 e. The summed E-state index contributed by atoms with van der Waals surface area (Å²) >= 11 is 0. The van der Waals surface area contributed by atoms with Crippen molar-refractivity contribution in [2.24, 2.45) is 0 Å². The first kappa shape index (κ1) is 15.2. The van der Waals surface area contributed by atoms with Gasteiger partial charge in [-0.25, -0.2) is 0 Å². The molecule has 0 saturated heterocycles. The van der Waals surface area contributed by atoms with Crippen LogP contribution in [0.1, 0.15) is 29.3 Å². The van der Waals surface area contributed by atoms with E-state index in [-0.39, 0.29) is 5.91 Å². The number of pyridine rings is 1. The van der Waals surface area contributed by atoms with Crippen LogP contribution in [-0.4, -0.2) is 5.91 Å². The Morgan fingerprint density at radius 1 is 1.14 bits per heavy atom. The first-order chi connectivity index (χ1) is 9.99. The lowest BCUT2D eigenvalue weighted by atomic mass is 10.1. The summed E-state index contributed by atoms with van der Waals surface area (Å²) in [5, 5.41) is 3.00. The molecule has 0 saturated carbocycles. The van der Waals surface area contributed by atoms with Gasteiger partial charge in [0.25, 0.3) is 5.91 Å². The zero-order valence-electron chi connectivity index (χ0n) is 13.2. The highest BCUT2D eigenvalue weighted by Gasteiger charge is 2.14. The number of rotatable bonds is 4. The third-order valence-corrected chi connectivity index (χ3v) is 3.70. The van der Waals surface area contributed by atoms with Gasteiger partial charge in [-0.05, 0) is 43.5 Å². The molecule has 1 aromatic heterocycles. The average Bonchev–Trinajstić information content (AvgIpc) is 2.45. The molecular formula is C18H23N2O+. The van der Waals surface area contributed by atoms with Crippen molar-refractivity contribution >= 4 is 11.6 Å². The van der Waals surface area contributed by atoms with Crippen molar-refractivity contribution in [1.82, 2.24) is 0 Å². The Labute approximate surface area is 126 Å². The highest BCUT2D eigenvalue weighted by Crippen LogP contribution is 2.16. The van der Waals surface area contributed by atoms with Crippen molar-refractivity contribution in [1.29, 1.82) is 0 Å². The van der Waals surface area contributed by atoms with E-state index < -0.39 is 0 Å². The van der Waals surface area contributed by atoms with E-state index in [0.717, 1.165) is 28.9 Å². The molecule has 0 aliphatic rings. The van der Waals surface area contributed by atoms with E-state index in [4.69, 9.17) is 0 Å². The van der Waals surface area contributed by atoms with Gasteiger partial charge in [-0.1, -0.05) is 19.1 Å². The molecule has 110 valence electrons. The molecule has 0 atom stereocenters. The molecule has 1 amide bonds. The molecule has 0 fully saturated rings. The number of carbonyl (C=O) groups excluding carboxylic acids is 1. The smallest absolute Gasteiger partial charge is 0.290 e. The SMILES string of the molecule is CCc1ccc(C)[n+](CC(=O)Nc2cc(C)ccc2C)c1. The van der Waals surface area contributed by atoms with Crippen molar-refractivity contribution in [2.75, 3.05) is 5.32 Å². The molecule has 21 heavy (non-hydrogen) atoms. The van der Waals surface area contributed by atoms with Crippen LogP contribution < -0.4 is 9.88 Å². The van der Waals surface area contributed by atoms with E-state index >= 15 is 0 Å². The number of hydrogen-bond acceptors (Lipinski definition) is 1. The number of aromatic nitrogens is 1. The van der Waals surface area contributed by atoms with Gasteiger partial charge in [0.15, 0.2) is 11.9 Å². The Hall–Kier alpha value is -2.16. The lowest BCUT2D eigenvalue weighted by Crippen LogP contribution is -2.43. The number of aryl methyl sites for hydroxylation is 4. The van der Waals surface area contributed by atoms with Crippen LogP contribution in [0.5, 0.6) is 0 Å². The average molecular weight is 283 g/mol. The van der Waals surface area contributed by atoms with Crippen LogP contribution in [-0.2, 0) is 17.8 Å². The second-order valence-corrected chi connectivity index (χ2v) is 5.53. The third kappa shape index (κ3) is 3.91. The van der Waals surface area contributed by atoms with E-state index in [1.165, 1.54) is 5.56 Å². The molecule has 1 N–H and O–H groups in total.